The van der Waals surface area contributed by atoms with Crippen LogP contribution in [-0.2, 0) is 6.54 Å². The van der Waals surface area contributed by atoms with Crippen LogP contribution in [0.3, 0.4) is 0 Å². The summed E-state index contributed by atoms with van der Waals surface area (Å²) in [6.45, 7) is 6.57. The minimum absolute atomic E-state index is 0.266. The van der Waals surface area contributed by atoms with Crippen molar-refractivity contribution >= 4 is 17.5 Å². The fourth-order valence-corrected chi connectivity index (χ4v) is 3.08. The summed E-state index contributed by atoms with van der Waals surface area (Å²) in [5.74, 6) is -0.277. The standard InChI is InChI=1S/C24H25N3O2/c1-16(2)21-10-6-7-11-22(21)27-24(29)20-12-19(13-25-14-20)23(28)26-15-18-9-5-4-8-17(18)3/h4-14,16H,15H2,1-3H3,(H,26,28)(H,27,29). The zero-order valence-corrected chi connectivity index (χ0v) is 16.9. The second-order valence-electron chi connectivity index (χ2n) is 7.27. The van der Waals surface area contributed by atoms with Crippen LogP contribution in [0, 0.1) is 6.92 Å². The molecule has 0 saturated carbocycles. The number of aryl methyl sites for hydroxylation is 1. The van der Waals surface area contributed by atoms with Gasteiger partial charge >= 0.3 is 0 Å². The lowest BCUT2D eigenvalue weighted by molar-refractivity contribution is 0.0950. The van der Waals surface area contributed by atoms with Crippen LogP contribution in [0.25, 0.3) is 0 Å². The number of hydrogen-bond acceptors (Lipinski definition) is 3. The van der Waals surface area contributed by atoms with Crippen molar-refractivity contribution in [2.75, 3.05) is 5.32 Å². The molecule has 0 bridgehead atoms. The zero-order chi connectivity index (χ0) is 20.8. The molecule has 0 aliphatic heterocycles. The molecule has 5 heteroatoms. The lowest BCUT2D eigenvalue weighted by Gasteiger charge is -2.14. The Morgan fingerprint density at radius 2 is 1.59 bits per heavy atom. The number of hydrogen-bond donors (Lipinski definition) is 2. The molecule has 2 aromatic carbocycles. The second kappa shape index (κ2) is 9.15. The molecule has 0 unspecified atom stereocenters. The third-order valence-corrected chi connectivity index (χ3v) is 4.79. The number of aromatic nitrogens is 1. The molecule has 2 N–H and O–H groups in total. The van der Waals surface area contributed by atoms with Crippen LogP contribution in [0.1, 0.15) is 57.2 Å². The van der Waals surface area contributed by atoms with Crippen LogP contribution in [-0.4, -0.2) is 16.8 Å². The summed E-state index contributed by atoms with van der Waals surface area (Å²) in [6, 6.07) is 17.1. The monoisotopic (exact) mass is 387 g/mol. The first-order chi connectivity index (χ1) is 14.0. The maximum absolute atomic E-state index is 12.7. The molecule has 0 saturated heterocycles. The van der Waals surface area contributed by atoms with Gasteiger partial charge in [0.25, 0.3) is 11.8 Å². The molecule has 5 nitrogen and oxygen atoms in total. The van der Waals surface area contributed by atoms with Gasteiger partial charge in [0.1, 0.15) is 0 Å². The van der Waals surface area contributed by atoms with Crippen LogP contribution in [0.2, 0.25) is 0 Å². The van der Waals surface area contributed by atoms with Crippen LogP contribution < -0.4 is 10.6 Å². The highest BCUT2D eigenvalue weighted by molar-refractivity contribution is 6.06. The van der Waals surface area contributed by atoms with Gasteiger partial charge in [0.2, 0.25) is 0 Å². The molecule has 2 amide bonds. The normalized spacial score (nSPS) is 10.6. The van der Waals surface area contributed by atoms with Gasteiger partial charge in [-0.3, -0.25) is 14.6 Å². The molecule has 0 aliphatic rings. The van der Waals surface area contributed by atoms with E-state index in [1.54, 1.807) is 6.07 Å². The SMILES string of the molecule is Cc1ccccc1CNC(=O)c1cncc(C(=O)Nc2ccccc2C(C)C)c1. The Morgan fingerprint density at radius 1 is 0.931 bits per heavy atom. The summed E-state index contributed by atoms with van der Waals surface area (Å²) in [5.41, 5.74) is 4.68. The molecule has 0 aliphatic carbocycles. The fraction of sp³-hybridized carbons (Fsp3) is 0.208. The van der Waals surface area contributed by atoms with E-state index in [2.05, 4.69) is 29.5 Å². The topological polar surface area (TPSA) is 71.1 Å². The molecule has 1 aromatic heterocycles. The molecule has 3 aromatic rings. The molecular formula is C24H25N3O2. The van der Waals surface area contributed by atoms with Gasteiger partial charge in [0.05, 0.1) is 11.1 Å². The van der Waals surface area contributed by atoms with E-state index in [4.69, 9.17) is 0 Å². The summed E-state index contributed by atoms with van der Waals surface area (Å²) >= 11 is 0. The number of para-hydroxylation sites is 1. The van der Waals surface area contributed by atoms with Crippen molar-refractivity contribution < 1.29 is 9.59 Å². The minimum Gasteiger partial charge on any atom is -0.348 e. The van der Waals surface area contributed by atoms with Crippen LogP contribution in [0.4, 0.5) is 5.69 Å². The Balaban J connectivity index is 1.71. The number of carbonyl (C=O) groups is 2. The van der Waals surface area contributed by atoms with Gasteiger partial charge in [-0.25, -0.2) is 0 Å². The van der Waals surface area contributed by atoms with Crippen molar-refractivity contribution in [3.05, 3.63) is 94.8 Å². The van der Waals surface area contributed by atoms with E-state index in [0.717, 1.165) is 22.4 Å². The van der Waals surface area contributed by atoms with Crippen LogP contribution in [0.15, 0.2) is 67.0 Å². The largest absolute Gasteiger partial charge is 0.348 e. The fourth-order valence-electron chi connectivity index (χ4n) is 3.08. The third kappa shape index (κ3) is 5.08. The van der Waals surface area contributed by atoms with Crippen LogP contribution in [0.5, 0.6) is 0 Å². The summed E-state index contributed by atoms with van der Waals surface area (Å²) in [6.07, 6.45) is 2.93. The van der Waals surface area contributed by atoms with Gasteiger partial charge in [-0.05, 0) is 41.7 Å². The van der Waals surface area contributed by atoms with Gasteiger partial charge in [-0.2, -0.15) is 0 Å². The van der Waals surface area contributed by atoms with Gasteiger partial charge in [-0.15, -0.1) is 0 Å². The van der Waals surface area contributed by atoms with Crippen molar-refractivity contribution in [3.63, 3.8) is 0 Å². The summed E-state index contributed by atoms with van der Waals surface area (Å²) in [4.78, 5) is 29.3. The minimum atomic E-state index is -0.292. The summed E-state index contributed by atoms with van der Waals surface area (Å²) in [7, 11) is 0. The van der Waals surface area contributed by atoms with E-state index < -0.39 is 0 Å². The molecule has 0 radical (unpaired) electrons. The average Bonchev–Trinajstić information content (AvgIpc) is 2.73. The number of benzene rings is 2. The first-order valence-electron chi connectivity index (χ1n) is 9.63. The molecule has 29 heavy (non-hydrogen) atoms. The Labute approximate surface area is 171 Å². The lowest BCUT2D eigenvalue weighted by atomic mass is 10.0. The summed E-state index contributed by atoms with van der Waals surface area (Å²) in [5, 5.41) is 5.81. The highest BCUT2D eigenvalue weighted by atomic mass is 16.2. The van der Waals surface area contributed by atoms with E-state index in [1.807, 2.05) is 55.5 Å². The van der Waals surface area contributed by atoms with Crippen molar-refractivity contribution in [1.29, 1.82) is 0 Å². The molecule has 148 valence electrons. The number of nitrogens with one attached hydrogen (secondary N) is 2. The second-order valence-corrected chi connectivity index (χ2v) is 7.27. The van der Waals surface area contributed by atoms with Crippen molar-refractivity contribution in [3.8, 4) is 0 Å². The van der Waals surface area contributed by atoms with E-state index in [9.17, 15) is 9.59 Å². The highest BCUT2D eigenvalue weighted by Gasteiger charge is 2.14. The maximum atomic E-state index is 12.7. The van der Waals surface area contributed by atoms with Gasteiger partial charge in [-0.1, -0.05) is 56.3 Å². The number of amides is 2. The smallest absolute Gasteiger partial charge is 0.257 e. The number of pyridine rings is 1. The van der Waals surface area contributed by atoms with Gasteiger partial charge in [0, 0.05) is 24.6 Å². The molecule has 0 fully saturated rings. The molecule has 3 rings (SSSR count). The summed E-state index contributed by atoms with van der Waals surface area (Å²) < 4.78 is 0. The Kier molecular flexibility index (Phi) is 6.39. The third-order valence-electron chi connectivity index (χ3n) is 4.79. The Hall–Kier alpha value is -3.47. The van der Waals surface area contributed by atoms with Crippen LogP contribution >= 0.6 is 0 Å². The number of nitrogens with zero attached hydrogens (tertiary/aromatic N) is 1. The van der Waals surface area contributed by atoms with E-state index >= 15 is 0 Å². The van der Waals surface area contributed by atoms with E-state index in [0.29, 0.717) is 17.7 Å². The predicted octanol–water partition coefficient (Wildman–Crippen LogP) is 4.70. The maximum Gasteiger partial charge on any atom is 0.257 e. The number of rotatable bonds is 6. The first-order valence-corrected chi connectivity index (χ1v) is 9.63. The molecule has 0 atom stereocenters. The Bertz CT molecular complexity index is 1030. The van der Waals surface area contributed by atoms with E-state index in [1.165, 1.54) is 12.4 Å². The highest BCUT2D eigenvalue weighted by Crippen LogP contribution is 2.24. The molecule has 0 spiro atoms. The quantitative estimate of drug-likeness (QED) is 0.644. The van der Waals surface area contributed by atoms with Crippen molar-refractivity contribution in [2.24, 2.45) is 0 Å². The lowest BCUT2D eigenvalue weighted by Crippen LogP contribution is -2.24. The molecular weight excluding hydrogens is 362 g/mol. The molecule has 1 heterocycles. The number of carbonyl (C=O) groups excluding carboxylic acids is 2. The van der Waals surface area contributed by atoms with Crippen molar-refractivity contribution in [2.45, 2.75) is 33.2 Å². The van der Waals surface area contributed by atoms with Gasteiger partial charge < -0.3 is 10.6 Å². The first kappa shape index (κ1) is 20.3. The van der Waals surface area contributed by atoms with Crippen molar-refractivity contribution in [1.82, 2.24) is 10.3 Å². The van der Waals surface area contributed by atoms with E-state index in [-0.39, 0.29) is 17.7 Å². The zero-order valence-electron chi connectivity index (χ0n) is 16.9. The predicted molar refractivity (Wildman–Crippen MR) is 115 cm³/mol. The average molecular weight is 387 g/mol. The van der Waals surface area contributed by atoms with Gasteiger partial charge in [0.15, 0.2) is 0 Å². The Morgan fingerprint density at radius 3 is 2.31 bits per heavy atom. The number of anilines is 1.